The first-order valence-corrected chi connectivity index (χ1v) is 11.3. The number of rotatable bonds is 8. The lowest BCUT2D eigenvalue weighted by molar-refractivity contribution is 0.568. The Morgan fingerprint density at radius 1 is 0.958 bits per heavy atom. The fourth-order valence-electron chi connectivity index (χ4n) is 2.89. The summed E-state index contributed by atoms with van der Waals surface area (Å²) >= 11 is 1.81. The second-order valence-electron chi connectivity index (χ2n) is 6.19. The maximum atomic E-state index is 13.3. The molecule has 24 heavy (non-hydrogen) atoms. The fourth-order valence-corrected chi connectivity index (χ4v) is 5.31. The Morgan fingerprint density at radius 2 is 1.62 bits per heavy atom. The van der Waals surface area contributed by atoms with Gasteiger partial charge in [-0.1, -0.05) is 48.4 Å². The average molecular weight is 363 g/mol. The molecule has 0 heterocycles. The third-order valence-electron chi connectivity index (χ3n) is 4.32. The first-order valence-electron chi connectivity index (χ1n) is 8.32. The molecule has 0 N–H and O–H groups in total. The first-order chi connectivity index (χ1) is 11.5. The summed E-state index contributed by atoms with van der Waals surface area (Å²) < 4.78 is 26.5. The maximum Gasteiger partial charge on any atom is 0.185 e. The largest absolute Gasteiger partial charge is 0.223 e. The van der Waals surface area contributed by atoms with Gasteiger partial charge in [0.05, 0.1) is 10.1 Å². The van der Waals surface area contributed by atoms with Gasteiger partial charge < -0.3 is 0 Å². The molecule has 130 valence electrons. The zero-order chi connectivity index (χ0) is 17.6. The molecule has 0 aliphatic heterocycles. The third-order valence-corrected chi connectivity index (χ3v) is 7.19. The van der Waals surface area contributed by atoms with Crippen molar-refractivity contribution in [1.82, 2.24) is 0 Å². The zero-order valence-electron chi connectivity index (χ0n) is 14.7. The van der Waals surface area contributed by atoms with Gasteiger partial charge in [-0.15, -0.1) is 0 Å². The van der Waals surface area contributed by atoms with Gasteiger partial charge in [-0.2, -0.15) is 11.8 Å². The monoisotopic (exact) mass is 362 g/mol. The molecule has 0 aliphatic carbocycles. The van der Waals surface area contributed by atoms with Crippen LogP contribution in [0.5, 0.6) is 0 Å². The van der Waals surface area contributed by atoms with Crippen molar-refractivity contribution in [2.75, 3.05) is 12.0 Å². The van der Waals surface area contributed by atoms with E-state index in [1.54, 1.807) is 12.1 Å². The number of unbranched alkanes of at least 4 members (excludes halogenated alkanes) is 1. The molecule has 0 radical (unpaired) electrons. The molecule has 0 aromatic heterocycles. The van der Waals surface area contributed by atoms with Crippen molar-refractivity contribution in [3.05, 3.63) is 65.2 Å². The van der Waals surface area contributed by atoms with Crippen LogP contribution in [0.1, 0.15) is 41.2 Å². The van der Waals surface area contributed by atoms with Crippen molar-refractivity contribution in [1.29, 1.82) is 0 Å². The van der Waals surface area contributed by atoms with Gasteiger partial charge in [0.1, 0.15) is 0 Å². The number of hydrogen-bond acceptors (Lipinski definition) is 3. The molecule has 2 rings (SSSR count). The highest BCUT2D eigenvalue weighted by Crippen LogP contribution is 2.35. The molecule has 2 nitrogen and oxygen atoms in total. The van der Waals surface area contributed by atoms with E-state index in [-0.39, 0.29) is 0 Å². The molecule has 1 atom stereocenters. The number of hydrogen-bond donors (Lipinski definition) is 0. The van der Waals surface area contributed by atoms with Crippen molar-refractivity contribution in [2.45, 2.75) is 43.3 Å². The highest BCUT2D eigenvalue weighted by atomic mass is 32.2. The van der Waals surface area contributed by atoms with E-state index in [1.165, 1.54) is 0 Å². The van der Waals surface area contributed by atoms with Crippen LogP contribution in [-0.2, 0) is 9.84 Å². The van der Waals surface area contributed by atoms with Gasteiger partial charge in [-0.25, -0.2) is 8.42 Å². The van der Waals surface area contributed by atoms with Crippen LogP contribution in [0.15, 0.2) is 53.4 Å². The molecule has 0 bridgehead atoms. The van der Waals surface area contributed by atoms with Crippen molar-refractivity contribution in [3.63, 3.8) is 0 Å². The number of sulfone groups is 1. The van der Waals surface area contributed by atoms with E-state index in [0.29, 0.717) is 11.3 Å². The lowest BCUT2D eigenvalue weighted by Crippen LogP contribution is -2.15. The molecule has 0 saturated heterocycles. The Labute approximate surface area is 150 Å². The number of thioether (sulfide) groups is 1. The molecule has 0 fully saturated rings. The molecule has 0 spiro atoms. The number of benzene rings is 2. The van der Waals surface area contributed by atoms with Crippen LogP contribution >= 0.6 is 11.8 Å². The summed E-state index contributed by atoms with van der Waals surface area (Å²) in [6, 6.07) is 15.1. The molecule has 0 aliphatic rings. The Kier molecular flexibility index (Phi) is 6.93. The zero-order valence-corrected chi connectivity index (χ0v) is 16.3. The second-order valence-corrected chi connectivity index (χ2v) is 9.31. The minimum Gasteiger partial charge on any atom is -0.223 e. The molecule has 4 heteroatoms. The summed E-state index contributed by atoms with van der Waals surface area (Å²) in [6.45, 7) is 3.96. The van der Waals surface area contributed by atoms with Crippen LogP contribution in [0, 0.1) is 13.8 Å². The maximum absolute atomic E-state index is 13.3. The summed E-state index contributed by atoms with van der Waals surface area (Å²) in [5.41, 5.74) is 3.05. The van der Waals surface area contributed by atoms with Crippen LogP contribution in [0.2, 0.25) is 0 Å². The van der Waals surface area contributed by atoms with Crippen molar-refractivity contribution < 1.29 is 8.42 Å². The van der Waals surface area contributed by atoms with Crippen LogP contribution in [-0.4, -0.2) is 20.4 Å². The van der Waals surface area contributed by atoms with Gasteiger partial charge >= 0.3 is 0 Å². The molecular formula is C20H26O2S2. The Bertz CT molecular complexity index is 749. The lowest BCUT2D eigenvalue weighted by Gasteiger charge is -2.20. The quantitative estimate of drug-likeness (QED) is 0.594. The topological polar surface area (TPSA) is 34.1 Å². The SMILES string of the molecule is CSCCCCC(c1ccccc1C)S(=O)(=O)c1ccc(C)cc1. The fraction of sp³-hybridized carbons (Fsp3) is 0.400. The minimum atomic E-state index is -3.39. The Morgan fingerprint density at radius 3 is 2.25 bits per heavy atom. The van der Waals surface area contributed by atoms with Gasteiger partial charge in [0.25, 0.3) is 0 Å². The van der Waals surface area contributed by atoms with Gasteiger partial charge in [0.15, 0.2) is 9.84 Å². The summed E-state index contributed by atoms with van der Waals surface area (Å²) in [5, 5.41) is -0.469. The summed E-state index contributed by atoms with van der Waals surface area (Å²) in [5.74, 6) is 1.07. The van der Waals surface area contributed by atoms with E-state index < -0.39 is 15.1 Å². The standard InChI is InChI=1S/C20H26O2S2/c1-16-11-13-18(14-12-16)24(21,22)20(10-6-7-15-23-3)19-9-5-4-8-17(19)2/h4-5,8-9,11-14,20H,6-7,10,15H2,1-3H3. The van der Waals surface area contributed by atoms with Crippen molar-refractivity contribution in [2.24, 2.45) is 0 Å². The van der Waals surface area contributed by atoms with E-state index in [0.717, 1.165) is 35.3 Å². The van der Waals surface area contributed by atoms with E-state index in [4.69, 9.17) is 0 Å². The smallest absolute Gasteiger partial charge is 0.185 e. The molecule has 1 unspecified atom stereocenters. The Hall–Kier alpha value is -1.26. The van der Waals surface area contributed by atoms with Gasteiger partial charge in [0.2, 0.25) is 0 Å². The summed E-state index contributed by atoms with van der Waals surface area (Å²) in [6.07, 6.45) is 4.72. The van der Waals surface area contributed by atoms with E-state index in [1.807, 2.05) is 62.0 Å². The Balaban J connectivity index is 2.37. The number of aryl methyl sites for hydroxylation is 2. The van der Waals surface area contributed by atoms with Crippen LogP contribution in [0.25, 0.3) is 0 Å². The van der Waals surface area contributed by atoms with E-state index >= 15 is 0 Å². The lowest BCUT2D eigenvalue weighted by atomic mass is 10.0. The van der Waals surface area contributed by atoms with Gasteiger partial charge in [-0.05, 0) is 62.0 Å². The van der Waals surface area contributed by atoms with Crippen molar-refractivity contribution >= 4 is 21.6 Å². The molecule has 0 saturated carbocycles. The second kappa shape index (κ2) is 8.72. The molecular weight excluding hydrogens is 336 g/mol. The highest BCUT2D eigenvalue weighted by Gasteiger charge is 2.29. The average Bonchev–Trinajstić information content (AvgIpc) is 2.56. The summed E-state index contributed by atoms with van der Waals surface area (Å²) in [4.78, 5) is 0.422. The van der Waals surface area contributed by atoms with Crippen LogP contribution < -0.4 is 0 Å². The van der Waals surface area contributed by atoms with Crippen LogP contribution in [0.3, 0.4) is 0 Å². The van der Waals surface area contributed by atoms with Crippen molar-refractivity contribution in [3.8, 4) is 0 Å². The minimum absolute atomic E-state index is 0.422. The molecule has 2 aromatic rings. The molecule has 2 aromatic carbocycles. The third kappa shape index (κ3) is 4.64. The van der Waals surface area contributed by atoms with E-state index in [2.05, 4.69) is 6.26 Å². The first kappa shape index (κ1) is 19.1. The van der Waals surface area contributed by atoms with Crippen LogP contribution in [0.4, 0.5) is 0 Å². The van der Waals surface area contributed by atoms with Gasteiger partial charge in [0, 0.05) is 0 Å². The molecule has 0 amide bonds. The predicted octanol–water partition coefficient (Wildman–Crippen LogP) is 5.35. The summed E-state index contributed by atoms with van der Waals surface area (Å²) in [7, 11) is -3.39. The van der Waals surface area contributed by atoms with Gasteiger partial charge in [-0.3, -0.25) is 0 Å². The predicted molar refractivity (Wildman–Crippen MR) is 105 cm³/mol. The normalized spacial score (nSPS) is 13.0. The van der Waals surface area contributed by atoms with E-state index in [9.17, 15) is 8.42 Å². The highest BCUT2D eigenvalue weighted by molar-refractivity contribution is 7.98.